The summed E-state index contributed by atoms with van der Waals surface area (Å²) >= 11 is 0. The number of carbonyl (C=O) groups excluding carboxylic acids is 1. The molecule has 0 radical (unpaired) electrons. The van der Waals surface area contributed by atoms with Crippen LogP contribution in [0, 0.1) is 0 Å². The summed E-state index contributed by atoms with van der Waals surface area (Å²) in [6.07, 6.45) is -2.56. The Morgan fingerprint density at radius 3 is 2.39 bits per heavy atom. The van der Waals surface area contributed by atoms with Crippen LogP contribution in [0.1, 0.15) is 25.0 Å². The first kappa shape index (κ1) is 14.5. The van der Waals surface area contributed by atoms with E-state index in [9.17, 15) is 15.0 Å². The summed E-state index contributed by atoms with van der Waals surface area (Å²) in [5.41, 5.74) is 0.523. The number of rotatable bonds is 6. The van der Waals surface area contributed by atoms with Gasteiger partial charge in [-0.25, -0.2) is 0 Å². The first-order chi connectivity index (χ1) is 8.58. The normalized spacial score (nSPS) is 13.8. The van der Waals surface area contributed by atoms with Gasteiger partial charge in [0.15, 0.2) is 0 Å². The molecule has 2 N–H and O–H groups in total. The lowest BCUT2D eigenvalue weighted by Crippen LogP contribution is -2.22. The minimum Gasteiger partial charge on any atom is -0.494 e. The molecule has 0 bridgehead atoms. The second-order valence-corrected chi connectivity index (χ2v) is 3.79. The Morgan fingerprint density at radius 1 is 1.28 bits per heavy atom. The van der Waals surface area contributed by atoms with E-state index in [2.05, 4.69) is 4.74 Å². The zero-order chi connectivity index (χ0) is 13.5. The van der Waals surface area contributed by atoms with E-state index in [1.165, 1.54) is 7.11 Å². The number of aliphatic hydroxyl groups excluding tert-OH is 2. The third-order valence-electron chi connectivity index (χ3n) is 2.50. The number of carbonyl (C=O) groups is 1. The van der Waals surface area contributed by atoms with E-state index in [0.29, 0.717) is 17.9 Å². The molecule has 0 saturated carbocycles. The number of aliphatic hydroxyl groups is 2. The second kappa shape index (κ2) is 6.98. The summed E-state index contributed by atoms with van der Waals surface area (Å²) < 4.78 is 9.69. The molecule has 0 aromatic heterocycles. The lowest BCUT2D eigenvalue weighted by atomic mass is 10.0. The minimum absolute atomic E-state index is 0.245. The van der Waals surface area contributed by atoms with Crippen molar-refractivity contribution in [2.45, 2.75) is 25.6 Å². The smallest absolute Gasteiger partial charge is 0.308 e. The molecule has 1 rings (SSSR count). The standard InChI is InChI=1S/C13H18O5/c1-3-18-10-6-4-9(5-7-10)13(16)11(14)8-12(15)17-2/h4-7,11,13-14,16H,3,8H2,1-2H3. The van der Waals surface area contributed by atoms with Gasteiger partial charge in [0.2, 0.25) is 0 Å². The molecule has 0 amide bonds. The van der Waals surface area contributed by atoms with Gasteiger partial charge in [0.25, 0.3) is 0 Å². The van der Waals surface area contributed by atoms with Gasteiger partial charge in [0.05, 0.1) is 26.2 Å². The van der Waals surface area contributed by atoms with Crippen molar-refractivity contribution >= 4 is 5.97 Å². The number of hydrogen-bond acceptors (Lipinski definition) is 5. The third kappa shape index (κ3) is 4.01. The molecule has 0 heterocycles. The summed E-state index contributed by atoms with van der Waals surface area (Å²) in [5.74, 6) is 0.128. The first-order valence-corrected chi connectivity index (χ1v) is 5.74. The van der Waals surface area contributed by atoms with Crippen LogP contribution in [0.25, 0.3) is 0 Å². The Balaban J connectivity index is 2.65. The Bertz CT molecular complexity index is 373. The van der Waals surface area contributed by atoms with E-state index >= 15 is 0 Å². The zero-order valence-electron chi connectivity index (χ0n) is 10.5. The quantitative estimate of drug-likeness (QED) is 0.742. The number of ether oxygens (including phenoxy) is 2. The predicted octanol–water partition coefficient (Wildman–Crippen LogP) is 1.04. The molecule has 0 aliphatic rings. The maximum absolute atomic E-state index is 11.0. The van der Waals surface area contributed by atoms with Crippen LogP contribution in [-0.4, -0.2) is 36.0 Å². The monoisotopic (exact) mass is 254 g/mol. The van der Waals surface area contributed by atoms with Gasteiger partial charge < -0.3 is 19.7 Å². The second-order valence-electron chi connectivity index (χ2n) is 3.79. The maximum atomic E-state index is 11.0. The maximum Gasteiger partial charge on any atom is 0.308 e. The van der Waals surface area contributed by atoms with Gasteiger partial charge in [-0.2, -0.15) is 0 Å². The highest BCUT2D eigenvalue weighted by Crippen LogP contribution is 2.22. The van der Waals surface area contributed by atoms with Crippen molar-refractivity contribution in [2.75, 3.05) is 13.7 Å². The number of methoxy groups -OCH3 is 1. The predicted molar refractivity (Wildman–Crippen MR) is 65.2 cm³/mol. The Kier molecular flexibility index (Phi) is 5.61. The average Bonchev–Trinajstić information content (AvgIpc) is 2.39. The molecular weight excluding hydrogens is 236 g/mol. The van der Waals surface area contributed by atoms with Gasteiger partial charge in [-0.1, -0.05) is 12.1 Å². The lowest BCUT2D eigenvalue weighted by Gasteiger charge is -2.17. The van der Waals surface area contributed by atoms with Crippen LogP contribution in [0.15, 0.2) is 24.3 Å². The summed E-state index contributed by atoms with van der Waals surface area (Å²) in [6.45, 7) is 2.44. The molecule has 0 spiro atoms. The first-order valence-electron chi connectivity index (χ1n) is 5.74. The van der Waals surface area contributed by atoms with Crippen molar-refractivity contribution in [1.29, 1.82) is 0 Å². The Hall–Kier alpha value is -1.59. The fourth-order valence-corrected chi connectivity index (χ4v) is 1.52. The molecule has 2 atom stereocenters. The SMILES string of the molecule is CCOc1ccc(C(O)C(O)CC(=O)OC)cc1. The van der Waals surface area contributed by atoms with Gasteiger partial charge in [-0.05, 0) is 24.6 Å². The van der Waals surface area contributed by atoms with E-state index in [0.717, 1.165) is 0 Å². The Labute approximate surface area is 106 Å². The molecule has 5 heteroatoms. The molecule has 0 fully saturated rings. The summed E-state index contributed by atoms with van der Waals surface area (Å²) in [4.78, 5) is 11.0. The van der Waals surface area contributed by atoms with Crippen molar-refractivity contribution in [3.05, 3.63) is 29.8 Å². The van der Waals surface area contributed by atoms with Crippen molar-refractivity contribution < 1.29 is 24.5 Å². The number of benzene rings is 1. The van der Waals surface area contributed by atoms with Crippen LogP contribution in [0.4, 0.5) is 0 Å². The third-order valence-corrected chi connectivity index (χ3v) is 2.50. The topological polar surface area (TPSA) is 76.0 Å². The van der Waals surface area contributed by atoms with E-state index in [1.54, 1.807) is 24.3 Å². The fraction of sp³-hybridized carbons (Fsp3) is 0.462. The highest BCUT2D eigenvalue weighted by atomic mass is 16.5. The van der Waals surface area contributed by atoms with Crippen LogP contribution in [-0.2, 0) is 9.53 Å². The molecule has 5 nitrogen and oxygen atoms in total. The molecule has 1 aromatic rings. The van der Waals surface area contributed by atoms with Crippen LogP contribution in [0.2, 0.25) is 0 Å². The fourth-order valence-electron chi connectivity index (χ4n) is 1.52. The molecule has 100 valence electrons. The lowest BCUT2D eigenvalue weighted by molar-refractivity contribution is -0.144. The molecular formula is C13H18O5. The van der Waals surface area contributed by atoms with E-state index in [1.807, 2.05) is 6.92 Å². The van der Waals surface area contributed by atoms with Crippen molar-refractivity contribution in [2.24, 2.45) is 0 Å². The summed E-state index contributed by atoms with van der Waals surface area (Å²) in [6, 6.07) is 6.70. The molecule has 0 aliphatic heterocycles. The Morgan fingerprint density at radius 2 is 1.89 bits per heavy atom. The number of hydrogen-bond donors (Lipinski definition) is 2. The average molecular weight is 254 g/mol. The van der Waals surface area contributed by atoms with Crippen molar-refractivity contribution in [1.82, 2.24) is 0 Å². The van der Waals surface area contributed by atoms with E-state index in [-0.39, 0.29) is 6.42 Å². The molecule has 0 aliphatic carbocycles. The summed E-state index contributed by atoms with van der Waals surface area (Å²) in [5, 5.41) is 19.5. The van der Waals surface area contributed by atoms with Crippen molar-refractivity contribution in [3.63, 3.8) is 0 Å². The minimum atomic E-state index is -1.18. The highest BCUT2D eigenvalue weighted by Gasteiger charge is 2.21. The van der Waals surface area contributed by atoms with Crippen LogP contribution < -0.4 is 4.74 Å². The van der Waals surface area contributed by atoms with E-state index < -0.39 is 18.2 Å². The van der Waals surface area contributed by atoms with Crippen LogP contribution >= 0.6 is 0 Å². The van der Waals surface area contributed by atoms with Gasteiger partial charge in [0, 0.05) is 0 Å². The van der Waals surface area contributed by atoms with Gasteiger partial charge >= 0.3 is 5.97 Å². The molecule has 0 saturated heterocycles. The molecule has 2 unspecified atom stereocenters. The van der Waals surface area contributed by atoms with Crippen LogP contribution in [0.5, 0.6) is 5.75 Å². The van der Waals surface area contributed by atoms with Crippen molar-refractivity contribution in [3.8, 4) is 5.75 Å². The van der Waals surface area contributed by atoms with Gasteiger partial charge in [0.1, 0.15) is 11.9 Å². The molecule has 1 aromatic carbocycles. The number of esters is 1. The van der Waals surface area contributed by atoms with Gasteiger partial charge in [-0.15, -0.1) is 0 Å². The van der Waals surface area contributed by atoms with E-state index in [4.69, 9.17) is 4.74 Å². The zero-order valence-corrected chi connectivity index (χ0v) is 10.5. The molecule has 18 heavy (non-hydrogen) atoms. The summed E-state index contributed by atoms with van der Waals surface area (Å²) in [7, 11) is 1.23. The highest BCUT2D eigenvalue weighted by molar-refractivity contribution is 5.69. The van der Waals surface area contributed by atoms with Gasteiger partial charge in [-0.3, -0.25) is 4.79 Å². The van der Waals surface area contributed by atoms with Crippen LogP contribution in [0.3, 0.4) is 0 Å². The largest absolute Gasteiger partial charge is 0.494 e.